The van der Waals surface area contributed by atoms with E-state index in [1.165, 1.54) is 10.9 Å². The number of benzene rings is 1. The maximum atomic E-state index is 11.7. The van der Waals surface area contributed by atoms with Crippen LogP contribution in [-0.2, 0) is 11.3 Å². The Labute approximate surface area is 126 Å². The van der Waals surface area contributed by atoms with Crippen molar-refractivity contribution in [2.45, 2.75) is 19.4 Å². The molecule has 8 nitrogen and oxygen atoms in total. The van der Waals surface area contributed by atoms with Gasteiger partial charge in [-0.3, -0.25) is 19.6 Å². The Morgan fingerprint density at radius 2 is 2.23 bits per heavy atom. The van der Waals surface area contributed by atoms with E-state index in [4.69, 9.17) is 0 Å². The zero-order valence-corrected chi connectivity index (χ0v) is 11.9. The highest BCUT2D eigenvalue weighted by Crippen LogP contribution is 2.11. The van der Waals surface area contributed by atoms with Crippen molar-refractivity contribution in [2.24, 2.45) is 5.10 Å². The number of aromatic nitrogens is 2. The molecule has 0 spiro atoms. The van der Waals surface area contributed by atoms with Crippen molar-refractivity contribution in [3.63, 3.8) is 0 Å². The number of nitro groups is 1. The van der Waals surface area contributed by atoms with Crippen molar-refractivity contribution in [1.82, 2.24) is 15.2 Å². The van der Waals surface area contributed by atoms with Crippen molar-refractivity contribution in [2.75, 3.05) is 0 Å². The molecule has 1 unspecified atom stereocenters. The molecule has 1 N–H and O–H groups in total. The quantitative estimate of drug-likeness (QED) is 0.498. The van der Waals surface area contributed by atoms with Gasteiger partial charge in [0.25, 0.3) is 5.91 Å². The molecular formula is C14H15N5O3. The predicted molar refractivity (Wildman–Crippen MR) is 80.4 cm³/mol. The summed E-state index contributed by atoms with van der Waals surface area (Å²) in [6.45, 7) is 1.83. The highest BCUT2D eigenvalue weighted by atomic mass is 16.6. The van der Waals surface area contributed by atoms with Crippen molar-refractivity contribution in [3.8, 4) is 0 Å². The number of rotatable bonds is 6. The number of hydrazone groups is 1. The third kappa shape index (κ3) is 4.23. The summed E-state index contributed by atoms with van der Waals surface area (Å²) < 4.78 is 1.18. The summed E-state index contributed by atoms with van der Waals surface area (Å²) in [7, 11) is 0. The molecule has 1 aromatic carbocycles. The molecule has 0 fully saturated rings. The van der Waals surface area contributed by atoms with E-state index in [0.717, 1.165) is 11.8 Å². The second-order valence-electron chi connectivity index (χ2n) is 4.67. The Morgan fingerprint density at radius 1 is 1.50 bits per heavy atom. The average Bonchev–Trinajstić information content (AvgIpc) is 2.96. The molecule has 0 radical (unpaired) electrons. The number of nitrogens with zero attached hydrogens (tertiary/aromatic N) is 4. The van der Waals surface area contributed by atoms with Crippen LogP contribution in [0.15, 0.2) is 47.8 Å². The van der Waals surface area contributed by atoms with Gasteiger partial charge in [0.2, 0.25) is 0 Å². The molecule has 0 aliphatic heterocycles. The monoisotopic (exact) mass is 301 g/mol. The Hall–Kier alpha value is -3.03. The number of hydrogen-bond donors (Lipinski definition) is 1. The van der Waals surface area contributed by atoms with E-state index in [2.05, 4.69) is 15.6 Å². The fraction of sp³-hybridized carbons (Fsp3) is 0.214. The van der Waals surface area contributed by atoms with Crippen LogP contribution in [0.4, 0.5) is 5.69 Å². The molecule has 1 atom stereocenters. The van der Waals surface area contributed by atoms with Crippen LogP contribution < -0.4 is 5.43 Å². The molecule has 0 aliphatic carbocycles. The molecule has 0 bridgehead atoms. The molecular weight excluding hydrogens is 286 g/mol. The van der Waals surface area contributed by atoms with Gasteiger partial charge in [0.05, 0.1) is 4.92 Å². The van der Waals surface area contributed by atoms with Crippen LogP contribution in [0.25, 0.3) is 0 Å². The van der Waals surface area contributed by atoms with Crippen LogP contribution in [0.5, 0.6) is 0 Å². The van der Waals surface area contributed by atoms with E-state index in [1.54, 1.807) is 6.21 Å². The van der Waals surface area contributed by atoms with E-state index in [9.17, 15) is 14.9 Å². The zero-order chi connectivity index (χ0) is 15.9. The molecule has 0 saturated heterocycles. The van der Waals surface area contributed by atoms with Crippen LogP contribution in [0.1, 0.15) is 18.4 Å². The molecule has 22 heavy (non-hydrogen) atoms. The van der Waals surface area contributed by atoms with Gasteiger partial charge >= 0.3 is 5.69 Å². The first-order valence-corrected chi connectivity index (χ1v) is 6.60. The topological polar surface area (TPSA) is 102 Å². The summed E-state index contributed by atoms with van der Waals surface area (Å²) in [6.07, 6.45) is 3.91. The molecule has 1 amide bonds. The van der Waals surface area contributed by atoms with Crippen LogP contribution in [-0.4, -0.2) is 26.8 Å². The Balaban J connectivity index is 1.84. The maximum absolute atomic E-state index is 11.7. The fourth-order valence-corrected chi connectivity index (χ4v) is 1.78. The molecule has 8 heteroatoms. The SMILES string of the molecule is CC(/C=N/NC(=O)Cn1cc([N+](=O)[O-])cn1)c1ccccc1. The van der Waals surface area contributed by atoms with Gasteiger partial charge in [0.1, 0.15) is 18.9 Å². The van der Waals surface area contributed by atoms with Crippen LogP contribution in [0.3, 0.4) is 0 Å². The molecule has 0 aliphatic rings. The van der Waals surface area contributed by atoms with Crippen molar-refractivity contribution in [3.05, 3.63) is 58.4 Å². The first-order chi connectivity index (χ1) is 10.6. The second kappa shape index (κ2) is 7.11. The molecule has 1 heterocycles. The van der Waals surface area contributed by atoms with E-state index >= 15 is 0 Å². The minimum atomic E-state index is -0.568. The first kappa shape index (κ1) is 15.4. The minimum Gasteiger partial charge on any atom is -0.271 e. The summed E-state index contributed by atoms with van der Waals surface area (Å²) in [5, 5.41) is 18.1. The average molecular weight is 301 g/mol. The summed E-state index contributed by atoms with van der Waals surface area (Å²) >= 11 is 0. The lowest BCUT2D eigenvalue weighted by molar-refractivity contribution is -0.385. The lowest BCUT2D eigenvalue weighted by Gasteiger charge is -2.05. The number of carbonyl (C=O) groups is 1. The smallest absolute Gasteiger partial charge is 0.271 e. The predicted octanol–water partition coefficient (Wildman–Crippen LogP) is 1.70. The zero-order valence-electron chi connectivity index (χ0n) is 11.9. The van der Waals surface area contributed by atoms with Crippen LogP contribution in [0, 0.1) is 10.1 Å². The van der Waals surface area contributed by atoms with Gasteiger partial charge < -0.3 is 0 Å². The minimum absolute atomic E-state index is 0.0623. The normalized spacial score (nSPS) is 12.2. The van der Waals surface area contributed by atoms with E-state index < -0.39 is 10.8 Å². The Morgan fingerprint density at radius 3 is 2.86 bits per heavy atom. The van der Waals surface area contributed by atoms with E-state index in [-0.39, 0.29) is 18.2 Å². The molecule has 114 valence electrons. The number of nitrogens with one attached hydrogen (secondary N) is 1. The highest BCUT2D eigenvalue weighted by Gasteiger charge is 2.10. The Bertz CT molecular complexity index is 681. The number of amides is 1. The number of hydrogen-bond acceptors (Lipinski definition) is 5. The van der Waals surface area contributed by atoms with Crippen LogP contribution in [0.2, 0.25) is 0 Å². The fourth-order valence-electron chi connectivity index (χ4n) is 1.78. The second-order valence-corrected chi connectivity index (χ2v) is 4.67. The van der Waals surface area contributed by atoms with Crippen molar-refractivity contribution < 1.29 is 9.72 Å². The summed E-state index contributed by atoms with van der Waals surface area (Å²) in [5.74, 6) is -0.346. The Kier molecular flexibility index (Phi) is 4.97. The summed E-state index contributed by atoms with van der Waals surface area (Å²) in [4.78, 5) is 21.6. The summed E-state index contributed by atoms with van der Waals surface area (Å²) in [6, 6.07) is 9.74. The molecule has 1 aromatic heterocycles. The molecule has 0 saturated carbocycles. The third-order valence-electron chi connectivity index (χ3n) is 2.95. The molecule has 2 aromatic rings. The largest absolute Gasteiger partial charge is 0.307 e. The standard InChI is InChI=1S/C14H15N5O3/c1-11(12-5-3-2-4-6-12)7-15-17-14(20)10-18-9-13(8-16-18)19(21)22/h2-9,11H,10H2,1H3,(H,17,20)/b15-7+. The van der Waals surface area contributed by atoms with Crippen LogP contribution >= 0.6 is 0 Å². The van der Waals surface area contributed by atoms with E-state index in [0.29, 0.717) is 0 Å². The van der Waals surface area contributed by atoms with Gasteiger partial charge in [-0.1, -0.05) is 37.3 Å². The van der Waals surface area contributed by atoms with Gasteiger partial charge in [0, 0.05) is 12.1 Å². The lowest BCUT2D eigenvalue weighted by Crippen LogP contribution is -2.23. The number of carbonyl (C=O) groups excluding carboxylic acids is 1. The maximum Gasteiger partial charge on any atom is 0.307 e. The van der Waals surface area contributed by atoms with Gasteiger partial charge in [0.15, 0.2) is 0 Å². The van der Waals surface area contributed by atoms with E-state index in [1.807, 2.05) is 37.3 Å². The van der Waals surface area contributed by atoms with Gasteiger partial charge in [-0.25, -0.2) is 5.43 Å². The highest BCUT2D eigenvalue weighted by molar-refractivity contribution is 5.77. The van der Waals surface area contributed by atoms with Crippen molar-refractivity contribution in [1.29, 1.82) is 0 Å². The van der Waals surface area contributed by atoms with Gasteiger partial charge in [-0.05, 0) is 5.56 Å². The molecule has 2 rings (SSSR count). The van der Waals surface area contributed by atoms with Gasteiger partial charge in [-0.2, -0.15) is 10.2 Å². The lowest BCUT2D eigenvalue weighted by atomic mass is 10.0. The van der Waals surface area contributed by atoms with Gasteiger partial charge in [-0.15, -0.1) is 0 Å². The first-order valence-electron chi connectivity index (χ1n) is 6.60. The third-order valence-corrected chi connectivity index (χ3v) is 2.95. The summed E-state index contributed by atoms with van der Waals surface area (Å²) in [5.41, 5.74) is 3.30. The van der Waals surface area contributed by atoms with Crippen molar-refractivity contribution >= 4 is 17.8 Å².